The quantitative estimate of drug-likeness (QED) is 0.851. The molecule has 0 saturated carbocycles. The molecule has 0 aliphatic carbocycles. The van der Waals surface area contributed by atoms with Gasteiger partial charge in [0.1, 0.15) is 5.82 Å². The van der Waals surface area contributed by atoms with Gasteiger partial charge in [0, 0.05) is 12.1 Å². The Labute approximate surface area is 105 Å². The molecule has 0 bridgehead atoms. The molecule has 2 aromatic rings. The topological polar surface area (TPSA) is 40.7 Å². The summed E-state index contributed by atoms with van der Waals surface area (Å²) in [4.78, 5) is 0. The molecule has 0 fully saturated rings. The molecule has 1 aromatic carbocycles. The summed E-state index contributed by atoms with van der Waals surface area (Å²) in [5.74, 6) is -0.228. The Kier molecular flexibility index (Phi) is 2.94. The molecule has 18 heavy (non-hydrogen) atoms. The molecule has 4 heteroatoms. The van der Waals surface area contributed by atoms with Gasteiger partial charge in [-0.2, -0.15) is 5.10 Å². The lowest BCUT2D eigenvalue weighted by Gasteiger charge is -2.11. The smallest absolute Gasteiger partial charge is 0.123 e. The minimum atomic E-state index is -0.228. The first-order chi connectivity index (χ1) is 8.83. The van der Waals surface area contributed by atoms with E-state index in [-0.39, 0.29) is 5.82 Å². The average Bonchev–Trinajstić information content (AvgIpc) is 2.90. The van der Waals surface area contributed by atoms with Crippen LogP contribution in [0.2, 0.25) is 0 Å². The third-order valence-electron chi connectivity index (χ3n) is 3.09. The van der Waals surface area contributed by atoms with Crippen molar-refractivity contribution in [1.29, 1.82) is 0 Å². The van der Waals surface area contributed by atoms with Crippen LogP contribution in [0.15, 0.2) is 36.4 Å². The molecule has 3 nitrogen and oxygen atoms in total. The number of nitrogens with one attached hydrogen (secondary N) is 2. The van der Waals surface area contributed by atoms with Crippen molar-refractivity contribution in [2.24, 2.45) is 0 Å². The summed E-state index contributed by atoms with van der Waals surface area (Å²) >= 11 is 0. The normalized spacial score (nSPS) is 15.5. The van der Waals surface area contributed by atoms with Crippen LogP contribution in [-0.4, -0.2) is 23.3 Å². The maximum Gasteiger partial charge on any atom is 0.123 e. The van der Waals surface area contributed by atoms with Crippen LogP contribution in [-0.2, 0) is 0 Å². The molecule has 2 heterocycles. The summed E-state index contributed by atoms with van der Waals surface area (Å²) in [6, 6.07) is 8.38. The first kappa shape index (κ1) is 11.2. The largest absolute Gasteiger partial charge is 0.312 e. The minimum absolute atomic E-state index is 0.228. The number of rotatable bonds is 2. The summed E-state index contributed by atoms with van der Waals surface area (Å²) < 4.78 is 12.9. The van der Waals surface area contributed by atoms with Crippen LogP contribution < -0.4 is 5.32 Å². The van der Waals surface area contributed by atoms with Gasteiger partial charge in [0.25, 0.3) is 0 Å². The molecule has 92 valence electrons. The average molecular weight is 243 g/mol. The van der Waals surface area contributed by atoms with Gasteiger partial charge in [0.2, 0.25) is 0 Å². The zero-order valence-electron chi connectivity index (χ0n) is 9.91. The van der Waals surface area contributed by atoms with Gasteiger partial charge >= 0.3 is 0 Å². The van der Waals surface area contributed by atoms with Crippen molar-refractivity contribution in [3.63, 3.8) is 0 Å². The Hall–Kier alpha value is -1.94. The van der Waals surface area contributed by atoms with Crippen LogP contribution >= 0.6 is 0 Å². The zero-order chi connectivity index (χ0) is 12.4. The number of H-pyrrole nitrogens is 1. The van der Waals surface area contributed by atoms with Crippen molar-refractivity contribution in [3.8, 4) is 11.3 Å². The summed E-state index contributed by atoms with van der Waals surface area (Å²) in [6.07, 6.45) is 3.26. The van der Waals surface area contributed by atoms with Gasteiger partial charge in [-0.1, -0.05) is 6.08 Å². The van der Waals surface area contributed by atoms with E-state index in [9.17, 15) is 4.39 Å². The lowest BCUT2D eigenvalue weighted by atomic mass is 10.1. The number of aromatic amines is 1. The fraction of sp³-hybridized carbons (Fsp3) is 0.214. The molecule has 0 amide bonds. The molecule has 0 radical (unpaired) electrons. The third kappa shape index (κ3) is 2.19. The van der Waals surface area contributed by atoms with Crippen molar-refractivity contribution < 1.29 is 4.39 Å². The second-order valence-electron chi connectivity index (χ2n) is 4.37. The molecule has 1 aliphatic heterocycles. The Morgan fingerprint density at radius 2 is 2.00 bits per heavy atom. The van der Waals surface area contributed by atoms with E-state index >= 15 is 0 Å². The highest BCUT2D eigenvalue weighted by atomic mass is 19.1. The summed E-state index contributed by atoms with van der Waals surface area (Å²) in [6.45, 7) is 1.90. The number of benzene rings is 1. The summed E-state index contributed by atoms with van der Waals surface area (Å²) in [7, 11) is 0. The molecule has 1 aromatic heterocycles. The molecule has 0 unspecified atom stereocenters. The van der Waals surface area contributed by atoms with E-state index in [1.54, 1.807) is 12.1 Å². The van der Waals surface area contributed by atoms with Crippen LogP contribution in [0.4, 0.5) is 4.39 Å². The number of hydrogen-bond donors (Lipinski definition) is 2. The Morgan fingerprint density at radius 3 is 2.72 bits per heavy atom. The molecular formula is C14H14FN3. The predicted octanol–water partition coefficient (Wildman–Crippen LogP) is 2.59. The van der Waals surface area contributed by atoms with Crippen molar-refractivity contribution in [1.82, 2.24) is 15.5 Å². The summed E-state index contributed by atoms with van der Waals surface area (Å²) in [5.41, 5.74) is 4.03. The summed E-state index contributed by atoms with van der Waals surface area (Å²) in [5, 5.41) is 10.6. The van der Waals surface area contributed by atoms with Gasteiger partial charge in [-0.25, -0.2) is 4.39 Å². The van der Waals surface area contributed by atoms with Crippen LogP contribution in [0, 0.1) is 5.82 Å². The molecule has 2 N–H and O–H groups in total. The van der Waals surface area contributed by atoms with Gasteiger partial charge in [-0.3, -0.25) is 5.10 Å². The lowest BCUT2D eigenvalue weighted by molar-refractivity contribution is 0.628. The van der Waals surface area contributed by atoms with Gasteiger partial charge in [0.15, 0.2) is 0 Å². The molecule has 3 rings (SSSR count). The number of hydrogen-bond acceptors (Lipinski definition) is 2. The zero-order valence-corrected chi connectivity index (χ0v) is 9.91. The molecule has 0 spiro atoms. The Morgan fingerprint density at radius 1 is 1.17 bits per heavy atom. The minimum Gasteiger partial charge on any atom is -0.312 e. The van der Waals surface area contributed by atoms with Crippen LogP contribution in [0.1, 0.15) is 12.1 Å². The first-order valence-corrected chi connectivity index (χ1v) is 6.04. The highest BCUT2D eigenvalue weighted by Crippen LogP contribution is 2.22. The van der Waals surface area contributed by atoms with E-state index in [0.717, 1.165) is 36.5 Å². The SMILES string of the molecule is Fc1ccc(-c2cc(C3=CCCNC3)[nH]n2)cc1. The van der Waals surface area contributed by atoms with Crippen LogP contribution in [0.3, 0.4) is 0 Å². The monoisotopic (exact) mass is 243 g/mol. The van der Waals surface area contributed by atoms with E-state index in [2.05, 4.69) is 21.6 Å². The maximum atomic E-state index is 12.9. The Bertz CT molecular complexity index is 569. The molecule has 0 atom stereocenters. The van der Waals surface area contributed by atoms with E-state index in [1.165, 1.54) is 17.7 Å². The van der Waals surface area contributed by atoms with Gasteiger partial charge in [-0.05, 0) is 48.9 Å². The fourth-order valence-corrected chi connectivity index (χ4v) is 2.10. The van der Waals surface area contributed by atoms with Gasteiger partial charge in [0.05, 0.1) is 11.4 Å². The second-order valence-corrected chi connectivity index (χ2v) is 4.37. The van der Waals surface area contributed by atoms with Gasteiger partial charge in [-0.15, -0.1) is 0 Å². The Balaban J connectivity index is 1.89. The van der Waals surface area contributed by atoms with Crippen molar-refractivity contribution >= 4 is 5.57 Å². The van der Waals surface area contributed by atoms with Crippen molar-refractivity contribution in [2.45, 2.75) is 6.42 Å². The standard InChI is InChI=1S/C14H14FN3/c15-12-5-3-10(4-6-12)13-8-14(18-17-13)11-2-1-7-16-9-11/h2-6,8,16H,1,7,9H2,(H,17,18). The van der Waals surface area contributed by atoms with Crippen LogP contribution in [0.25, 0.3) is 16.8 Å². The van der Waals surface area contributed by atoms with E-state index < -0.39 is 0 Å². The van der Waals surface area contributed by atoms with E-state index in [0.29, 0.717) is 0 Å². The molecule has 0 saturated heterocycles. The van der Waals surface area contributed by atoms with Crippen molar-refractivity contribution in [2.75, 3.05) is 13.1 Å². The van der Waals surface area contributed by atoms with E-state index in [4.69, 9.17) is 0 Å². The predicted molar refractivity (Wildman–Crippen MR) is 69.4 cm³/mol. The van der Waals surface area contributed by atoms with E-state index in [1.807, 2.05) is 6.07 Å². The number of aromatic nitrogens is 2. The maximum absolute atomic E-state index is 12.9. The first-order valence-electron chi connectivity index (χ1n) is 6.04. The van der Waals surface area contributed by atoms with Crippen molar-refractivity contribution in [3.05, 3.63) is 47.9 Å². The molecular weight excluding hydrogens is 229 g/mol. The van der Waals surface area contributed by atoms with Crippen LogP contribution in [0.5, 0.6) is 0 Å². The fourth-order valence-electron chi connectivity index (χ4n) is 2.10. The number of halogens is 1. The number of nitrogens with zero attached hydrogens (tertiary/aromatic N) is 1. The highest BCUT2D eigenvalue weighted by molar-refractivity contribution is 5.69. The lowest BCUT2D eigenvalue weighted by Crippen LogP contribution is -2.21. The third-order valence-corrected chi connectivity index (χ3v) is 3.09. The second kappa shape index (κ2) is 4.74. The highest BCUT2D eigenvalue weighted by Gasteiger charge is 2.10. The molecule has 1 aliphatic rings. The van der Waals surface area contributed by atoms with Gasteiger partial charge < -0.3 is 5.32 Å².